The average Bonchev–Trinajstić information content (AvgIpc) is 3.20. The molecule has 0 radical (unpaired) electrons. The molecule has 0 saturated heterocycles. The Kier molecular flexibility index (Phi) is 4.48. The van der Waals surface area contributed by atoms with E-state index in [-0.39, 0.29) is 17.7 Å². The van der Waals surface area contributed by atoms with Gasteiger partial charge in [0.2, 0.25) is 0 Å². The van der Waals surface area contributed by atoms with E-state index in [1.165, 1.54) is 12.4 Å². The van der Waals surface area contributed by atoms with Crippen molar-refractivity contribution in [3.63, 3.8) is 0 Å². The Labute approximate surface area is 159 Å². The van der Waals surface area contributed by atoms with Crippen molar-refractivity contribution < 1.29 is 24.1 Å². The third-order valence-electron chi connectivity index (χ3n) is 5.15. The number of hydrogen-bond donors (Lipinski definition) is 3. The summed E-state index contributed by atoms with van der Waals surface area (Å²) in [6.45, 7) is 1.86. The molecule has 2 unspecified atom stereocenters. The molecule has 2 heterocycles. The van der Waals surface area contributed by atoms with Crippen LogP contribution in [0.4, 0.5) is 4.39 Å². The van der Waals surface area contributed by atoms with Gasteiger partial charge in [0.05, 0.1) is 17.3 Å². The van der Waals surface area contributed by atoms with Crippen LogP contribution < -0.4 is 10.5 Å². The second kappa shape index (κ2) is 6.84. The van der Waals surface area contributed by atoms with Gasteiger partial charge in [0, 0.05) is 18.0 Å². The molecule has 1 fully saturated rings. The highest BCUT2D eigenvalue weighted by atomic mass is 19.1. The predicted octanol–water partition coefficient (Wildman–Crippen LogP) is 1.09. The number of nitrogens with zero attached hydrogens (tertiary/aromatic N) is 3. The summed E-state index contributed by atoms with van der Waals surface area (Å²) in [7, 11) is 0. The molecule has 0 spiro atoms. The molecule has 8 nitrogen and oxygen atoms in total. The number of halogens is 1. The van der Waals surface area contributed by atoms with Crippen molar-refractivity contribution in [1.29, 1.82) is 0 Å². The highest BCUT2D eigenvalue weighted by Crippen LogP contribution is 2.36. The van der Waals surface area contributed by atoms with Crippen LogP contribution in [-0.2, 0) is 0 Å². The third kappa shape index (κ3) is 2.98. The summed E-state index contributed by atoms with van der Waals surface area (Å²) >= 11 is 0. The Hall–Kier alpha value is -3.04. The molecule has 1 amide bonds. The summed E-state index contributed by atoms with van der Waals surface area (Å²) in [6, 6.07) is 4.75. The molecule has 1 saturated carbocycles. The summed E-state index contributed by atoms with van der Waals surface area (Å²) in [4.78, 5) is 20.0. The van der Waals surface area contributed by atoms with Gasteiger partial charge in [-0.1, -0.05) is 0 Å². The van der Waals surface area contributed by atoms with E-state index in [0.717, 1.165) is 23.2 Å². The number of carbonyl (C=O) groups excluding carboxylic acids is 1. The van der Waals surface area contributed by atoms with Crippen LogP contribution in [0.15, 0.2) is 36.8 Å². The zero-order chi connectivity index (χ0) is 20.0. The largest absolute Gasteiger partial charge is 0.487 e. The van der Waals surface area contributed by atoms with E-state index in [4.69, 9.17) is 10.5 Å². The Morgan fingerprint density at radius 3 is 2.82 bits per heavy atom. The number of aliphatic hydroxyl groups excluding tert-OH is 2. The van der Waals surface area contributed by atoms with E-state index >= 15 is 0 Å². The van der Waals surface area contributed by atoms with Crippen LogP contribution >= 0.6 is 0 Å². The fourth-order valence-electron chi connectivity index (χ4n) is 3.69. The van der Waals surface area contributed by atoms with Crippen molar-refractivity contribution in [2.45, 2.75) is 37.7 Å². The number of primary amides is 1. The van der Waals surface area contributed by atoms with Crippen molar-refractivity contribution in [2.75, 3.05) is 0 Å². The minimum atomic E-state index is -1.21. The number of fused-ring (bicyclic) bond motifs is 1. The van der Waals surface area contributed by atoms with Crippen LogP contribution in [-0.4, -0.2) is 49.0 Å². The maximum absolute atomic E-state index is 13.4. The Morgan fingerprint density at radius 1 is 1.29 bits per heavy atom. The number of hydrogen-bond acceptors (Lipinski definition) is 6. The van der Waals surface area contributed by atoms with Crippen LogP contribution in [0.3, 0.4) is 0 Å². The van der Waals surface area contributed by atoms with Crippen molar-refractivity contribution in [3.05, 3.63) is 53.9 Å². The number of carbonyl (C=O) groups is 1. The minimum absolute atomic E-state index is 0.0568. The number of aryl methyl sites for hydroxylation is 1. The summed E-state index contributed by atoms with van der Waals surface area (Å²) in [6.07, 6.45) is 0.332. The molecule has 0 aliphatic heterocycles. The van der Waals surface area contributed by atoms with E-state index in [1.807, 2.05) is 13.0 Å². The highest BCUT2D eigenvalue weighted by molar-refractivity contribution is 5.95. The van der Waals surface area contributed by atoms with Crippen molar-refractivity contribution in [3.8, 4) is 5.75 Å². The topological polar surface area (TPSA) is 123 Å². The second-order valence-corrected chi connectivity index (χ2v) is 6.86. The van der Waals surface area contributed by atoms with Gasteiger partial charge in [-0.05, 0) is 31.2 Å². The van der Waals surface area contributed by atoms with Gasteiger partial charge in [-0.25, -0.2) is 14.4 Å². The minimum Gasteiger partial charge on any atom is -0.487 e. The molecule has 4 N–H and O–H groups in total. The SMILES string of the molecule is Cc1ncnc2c1ccn2C1CC(Oc2ccc(F)cc2C(N)=O)[C@@H](O)[C@H]1O. The fourth-order valence-corrected chi connectivity index (χ4v) is 3.69. The van der Waals surface area contributed by atoms with E-state index in [1.54, 1.807) is 10.8 Å². The van der Waals surface area contributed by atoms with E-state index in [9.17, 15) is 19.4 Å². The number of amides is 1. The lowest BCUT2D eigenvalue weighted by atomic mass is 10.1. The van der Waals surface area contributed by atoms with Crippen molar-refractivity contribution in [2.24, 2.45) is 5.73 Å². The van der Waals surface area contributed by atoms with Gasteiger partial charge in [0.15, 0.2) is 0 Å². The Bertz CT molecular complexity index is 1050. The van der Waals surface area contributed by atoms with Gasteiger partial charge in [0.25, 0.3) is 5.91 Å². The summed E-state index contributed by atoms with van der Waals surface area (Å²) in [5, 5.41) is 21.9. The van der Waals surface area contributed by atoms with Gasteiger partial charge in [0.1, 0.15) is 41.9 Å². The first-order valence-electron chi connectivity index (χ1n) is 8.77. The monoisotopic (exact) mass is 386 g/mol. The molecule has 1 aromatic carbocycles. The molecule has 4 rings (SSSR count). The van der Waals surface area contributed by atoms with Crippen LogP contribution in [0, 0.1) is 12.7 Å². The van der Waals surface area contributed by atoms with Gasteiger partial charge >= 0.3 is 0 Å². The van der Waals surface area contributed by atoms with Gasteiger partial charge in [-0.15, -0.1) is 0 Å². The normalized spacial score (nSPS) is 24.6. The highest BCUT2D eigenvalue weighted by Gasteiger charge is 2.44. The molecule has 2 aromatic heterocycles. The first-order chi connectivity index (χ1) is 13.4. The molecule has 146 valence electrons. The third-order valence-corrected chi connectivity index (χ3v) is 5.15. The lowest BCUT2D eigenvalue weighted by Crippen LogP contribution is -2.34. The Balaban J connectivity index is 1.64. The Morgan fingerprint density at radius 2 is 2.07 bits per heavy atom. The quantitative estimate of drug-likeness (QED) is 0.617. The number of aliphatic hydroxyl groups is 2. The van der Waals surface area contributed by atoms with Crippen LogP contribution in [0.1, 0.15) is 28.5 Å². The summed E-state index contributed by atoms with van der Waals surface area (Å²) in [5.41, 5.74) is 6.61. The molecule has 4 atom stereocenters. The van der Waals surface area contributed by atoms with Gasteiger partial charge in [-0.3, -0.25) is 4.79 Å². The van der Waals surface area contributed by atoms with Gasteiger partial charge in [-0.2, -0.15) is 0 Å². The molecule has 0 bridgehead atoms. The average molecular weight is 386 g/mol. The predicted molar refractivity (Wildman–Crippen MR) is 97.3 cm³/mol. The first-order valence-corrected chi connectivity index (χ1v) is 8.77. The molecular formula is C19H19FN4O4. The van der Waals surface area contributed by atoms with Crippen molar-refractivity contribution >= 4 is 16.9 Å². The summed E-state index contributed by atoms with van der Waals surface area (Å²) < 4.78 is 20.9. The fraction of sp³-hybridized carbons (Fsp3) is 0.316. The number of benzene rings is 1. The molecule has 1 aliphatic rings. The zero-order valence-electron chi connectivity index (χ0n) is 15.0. The maximum atomic E-state index is 13.4. The number of rotatable bonds is 4. The maximum Gasteiger partial charge on any atom is 0.252 e. The molecule has 1 aliphatic carbocycles. The zero-order valence-corrected chi connectivity index (χ0v) is 15.0. The number of nitrogens with two attached hydrogens (primary N) is 1. The van der Waals surface area contributed by atoms with Crippen LogP contribution in [0.25, 0.3) is 11.0 Å². The molecular weight excluding hydrogens is 367 g/mol. The van der Waals surface area contributed by atoms with Crippen molar-refractivity contribution in [1.82, 2.24) is 14.5 Å². The smallest absolute Gasteiger partial charge is 0.252 e. The van der Waals surface area contributed by atoms with Crippen LogP contribution in [0.2, 0.25) is 0 Å². The summed E-state index contributed by atoms with van der Waals surface area (Å²) in [5.74, 6) is -1.41. The number of aromatic nitrogens is 3. The molecule has 9 heteroatoms. The standard InChI is InChI=1S/C19H19FN4O4/c1-9-11-4-5-24(19(11)23-8-22-9)13-7-15(17(26)16(13)25)28-14-3-2-10(20)6-12(14)18(21)27/h2-6,8,13,15-17,25-26H,7H2,1H3,(H2,21,27)/t13?,15?,16-,17+/m0/s1. The molecule has 28 heavy (non-hydrogen) atoms. The lowest BCUT2D eigenvalue weighted by molar-refractivity contribution is -0.0165. The van der Waals surface area contributed by atoms with E-state index < -0.39 is 36.1 Å². The first kappa shape index (κ1) is 18.3. The van der Waals surface area contributed by atoms with E-state index in [0.29, 0.717) is 5.65 Å². The van der Waals surface area contributed by atoms with Crippen LogP contribution in [0.5, 0.6) is 5.75 Å². The number of ether oxygens (including phenoxy) is 1. The lowest BCUT2D eigenvalue weighted by Gasteiger charge is -2.19. The van der Waals surface area contributed by atoms with E-state index in [2.05, 4.69) is 9.97 Å². The molecule has 3 aromatic rings. The van der Waals surface area contributed by atoms with Gasteiger partial charge < -0.3 is 25.3 Å². The second-order valence-electron chi connectivity index (χ2n) is 6.86.